The van der Waals surface area contributed by atoms with Gasteiger partial charge in [-0.3, -0.25) is 10.1 Å². The minimum atomic E-state index is -0.726. The first-order valence-electron chi connectivity index (χ1n) is 5.14. The highest BCUT2D eigenvalue weighted by Gasteiger charge is 2.19. The van der Waals surface area contributed by atoms with Gasteiger partial charge < -0.3 is 10.5 Å². The maximum absolute atomic E-state index is 13.3. The fourth-order valence-corrected chi connectivity index (χ4v) is 1.73. The van der Waals surface area contributed by atoms with Crippen LogP contribution in [0.4, 0.5) is 15.8 Å². The smallest absolute Gasteiger partial charge is 0.314 e. The van der Waals surface area contributed by atoms with E-state index in [1.54, 1.807) is 24.3 Å². The van der Waals surface area contributed by atoms with Gasteiger partial charge in [0.1, 0.15) is 11.6 Å². The zero-order chi connectivity index (χ0) is 14.0. The van der Waals surface area contributed by atoms with Crippen molar-refractivity contribution < 1.29 is 14.1 Å². The van der Waals surface area contributed by atoms with Gasteiger partial charge in [-0.1, -0.05) is 0 Å². The fourth-order valence-electron chi connectivity index (χ4n) is 1.41. The van der Waals surface area contributed by atoms with Gasteiger partial charge in [0.25, 0.3) is 0 Å². The highest BCUT2D eigenvalue weighted by Crippen LogP contribution is 2.35. The summed E-state index contributed by atoms with van der Waals surface area (Å²) in [6, 6.07) is 8.34. The first kappa shape index (κ1) is 13.3. The van der Waals surface area contributed by atoms with Crippen molar-refractivity contribution >= 4 is 27.3 Å². The van der Waals surface area contributed by atoms with Crippen LogP contribution in [-0.4, -0.2) is 4.92 Å². The molecule has 19 heavy (non-hydrogen) atoms. The summed E-state index contributed by atoms with van der Waals surface area (Å²) in [5.74, 6) is -0.407. The molecule has 0 spiro atoms. The molecule has 0 bridgehead atoms. The summed E-state index contributed by atoms with van der Waals surface area (Å²) in [5, 5.41) is 10.9. The van der Waals surface area contributed by atoms with Gasteiger partial charge in [-0.15, -0.1) is 0 Å². The second-order valence-electron chi connectivity index (χ2n) is 3.66. The van der Waals surface area contributed by atoms with Crippen molar-refractivity contribution in [3.8, 4) is 11.5 Å². The van der Waals surface area contributed by atoms with Gasteiger partial charge in [0.15, 0.2) is 0 Å². The Bertz CT molecular complexity index is 632. The lowest BCUT2D eigenvalue weighted by molar-refractivity contribution is -0.385. The number of nitro benzene ring substituents is 1. The van der Waals surface area contributed by atoms with E-state index in [1.807, 2.05) is 0 Å². The van der Waals surface area contributed by atoms with Crippen LogP contribution in [0.3, 0.4) is 0 Å². The fraction of sp³-hybridized carbons (Fsp3) is 0. The minimum absolute atomic E-state index is 0.0527. The second kappa shape index (κ2) is 5.23. The summed E-state index contributed by atoms with van der Waals surface area (Å²) in [6.45, 7) is 0. The third-order valence-corrected chi connectivity index (χ3v) is 2.91. The molecule has 0 heterocycles. The van der Waals surface area contributed by atoms with Gasteiger partial charge in [0.2, 0.25) is 5.75 Å². The monoisotopic (exact) mass is 326 g/mol. The Hall–Kier alpha value is -2.15. The minimum Gasteiger partial charge on any atom is -0.450 e. The van der Waals surface area contributed by atoms with Crippen molar-refractivity contribution in [1.29, 1.82) is 0 Å². The van der Waals surface area contributed by atoms with Crippen LogP contribution in [0.25, 0.3) is 0 Å². The number of hydrogen-bond donors (Lipinski definition) is 1. The number of anilines is 1. The molecule has 0 aliphatic heterocycles. The van der Waals surface area contributed by atoms with Gasteiger partial charge >= 0.3 is 5.69 Å². The Kier molecular flexibility index (Phi) is 3.66. The first-order valence-corrected chi connectivity index (χ1v) is 5.93. The van der Waals surface area contributed by atoms with Gasteiger partial charge in [-0.25, -0.2) is 4.39 Å². The number of nitrogen functional groups attached to an aromatic ring is 1. The average Bonchev–Trinajstić information content (AvgIpc) is 2.36. The highest BCUT2D eigenvalue weighted by molar-refractivity contribution is 9.10. The van der Waals surface area contributed by atoms with E-state index in [0.29, 0.717) is 11.4 Å². The molecule has 5 nitrogen and oxygen atoms in total. The predicted octanol–water partition coefficient (Wildman–Crippen LogP) is 3.87. The molecule has 2 rings (SSSR count). The molecule has 0 saturated heterocycles. The number of hydrogen-bond acceptors (Lipinski definition) is 4. The maximum Gasteiger partial charge on any atom is 0.314 e. The van der Waals surface area contributed by atoms with Crippen LogP contribution in [0.15, 0.2) is 40.9 Å². The quantitative estimate of drug-likeness (QED) is 0.527. The van der Waals surface area contributed by atoms with Crippen molar-refractivity contribution in [2.75, 3.05) is 5.73 Å². The zero-order valence-corrected chi connectivity index (χ0v) is 11.1. The molecule has 0 radical (unpaired) electrons. The average molecular weight is 327 g/mol. The summed E-state index contributed by atoms with van der Waals surface area (Å²) in [7, 11) is 0. The lowest BCUT2D eigenvalue weighted by Gasteiger charge is -2.07. The third-order valence-electron chi connectivity index (χ3n) is 2.31. The maximum atomic E-state index is 13.3. The molecule has 0 aliphatic rings. The van der Waals surface area contributed by atoms with Crippen molar-refractivity contribution in [3.63, 3.8) is 0 Å². The molecule has 7 heteroatoms. The van der Waals surface area contributed by atoms with Crippen LogP contribution in [0, 0.1) is 15.9 Å². The molecule has 0 fully saturated rings. The SMILES string of the molecule is Nc1ccc(Oc2cc(Br)c(F)cc2[N+](=O)[O-])cc1. The number of nitrogens with zero attached hydrogens (tertiary/aromatic N) is 1. The Morgan fingerprint density at radius 3 is 2.47 bits per heavy atom. The van der Waals surface area contributed by atoms with Gasteiger partial charge in [-0.05, 0) is 40.2 Å². The number of nitrogens with two attached hydrogens (primary N) is 1. The molecule has 0 unspecified atom stereocenters. The van der Waals surface area contributed by atoms with E-state index < -0.39 is 16.4 Å². The van der Waals surface area contributed by atoms with E-state index in [2.05, 4.69) is 15.9 Å². The Morgan fingerprint density at radius 1 is 1.26 bits per heavy atom. The van der Waals surface area contributed by atoms with Gasteiger partial charge in [0.05, 0.1) is 15.5 Å². The van der Waals surface area contributed by atoms with Crippen molar-refractivity contribution in [2.24, 2.45) is 0 Å². The molecule has 0 amide bonds. The second-order valence-corrected chi connectivity index (χ2v) is 4.52. The van der Waals surface area contributed by atoms with Gasteiger partial charge in [0, 0.05) is 11.8 Å². The lowest BCUT2D eigenvalue weighted by Crippen LogP contribution is -1.95. The van der Waals surface area contributed by atoms with Crippen molar-refractivity contribution in [1.82, 2.24) is 0 Å². The van der Waals surface area contributed by atoms with Crippen molar-refractivity contribution in [2.45, 2.75) is 0 Å². The number of ether oxygens (including phenoxy) is 1. The first-order chi connectivity index (χ1) is 8.97. The lowest BCUT2D eigenvalue weighted by atomic mass is 10.2. The standard InChI is InChI=1S/C12H8BrFN2O3/c13-9-5-12(11(16(17)18)6-10(9)14)19-8-3-1-7(15)2-4-8/h1-6H,15H2. The Labute approximate surface area is 116 Å². The van der Waals surface area contributed by atoms with E-state index >= 15 is 0 Å². The molecular weight excluding hydrogens is 319 g/mol. The zero-order valence-electron chi connectivity index (χ0n) is 9.47. The summed E-state index contributed by atoms with van der Waals surface area (Å²) < 4.78 is 18.7. The number of halogens is 2. The van der Waals surface area contributed by atoms with E-state index in [9.17, 15) is 14.5 Å². The number of nitro groups is 1. The molecule has 2 aromatic rings. The molecule has 0 aromatic heterocycles. The summed E-state index contributed by atoms with van der Waals surface area (Å²) in [4.78, 5) is 10.1. The topological polar surface area (TPSA) is 78.4 Å². The third kappa shape index (κ3) is 3.00. The highest BCUT2D eigenvalue weighted by atomic mass is 79.9. The van der Waals surface area contributed by atoms with Crippen LogP contribution in [0.1, 0.15) is 0 Å². The molecule has 2 N–H and O–H groups in total. The van der Waals surface area contributed by atoms with E-state index in [-0.39, 0.29) is 10.2 Å². The molecule has 2 aromatic carbocycles. The van der Waals surface area contributed by atoms with Gasteiger partial charge in [-0.2, -0.15) is 0 Å². The van der Waals surface area contributed by atoms with E-state index in [0.717, 1.165) is 6.07 Å². The number of rotatable bonds is 3. The Morgan fingerprint density at radius 2 is 1.89 bits per heavy atom. The predicted molar refractivity (Wildman–Crippen MR) is 71.7 cm³/mol. The van der Waals surface area contributed by atoms with Crippen LogP contribution in [0.2, 0.25) is 0 Å². The molecule has 0 saturated carbocycles. The van der Waals surface area contributed by atoms with Crippen LogP contribution >= 0.6 is 15.9 Å². The van der Waals surface area contributed by atoms with Crippen molar-refractivity contribution in [3.05, 3.63) is 56.8 Å². The van der Waals surface area contributed by atoms with Crippen LogP contribution in [-0.2, 0) is 0 Å². The summed E-state index contributed by atoms with van der Waals surface area (Å²) >= 11 is 2.96. The van der Waals surface area contributed by atoms with E-state index in [4.69, 9.17) is 10.5 Å². The van der Waals surface area contributed by atoms with Crippen LogP contribution in [0.5, 0.6) is 11.5 Å². The molecule has 98 valence electrons. The molecular formula is C12H8BrFN2O3. The Balaban J connectivity index is 2.41. The molecule has 0 atom stereocenters. The largest absolute Gasteiger partial charge is 0.450 e. The summed E-state index contributed by atoms with van der Waals surface area (Å²) in [5.41, 5.74) is 5.62. The normalized spacial score (nSPS) is 10.2. The van der Waals surface area contributed by atoms with E-state index in [1.165, 1.54) is 6.07 Å². The summed E-state index contributed by atoms with van der Waals surface area (Å²) in [6.07, 6.45) is 0. The number of benzene rings is 2. The molecule has 0 aliphatic carbocycles. The van der Waals surface area contributed by atoms with Crippen LogP contribution < -0.4 is 10.5 Å².